The van der Waals surface area contributed by atoms with Gasteiger partial charge in [0.25, 0.3) is 0 Å². The topological polar surface area (TPSA) is 38.3 Å². The van der Waals surface area contributed by atoms with Gasteiger partial charge in [0.15, 0.2) is 0 Å². The van der Waals surface area contributed by atoms with Gasteiger partial charge in [0.05, 0.1) is 5.92 Å². The largest absolute Gasteiger partial charge is 0.489 e. The van der Waals surface area contributed by atoms with Crippen molar-refractivity contribution in [3.63, 3.8) is 0 Å². The summed E-state index contributed by atoms with van der Waals surface area (Å²) in [6, 6.07) is 9.06. The van der Waals surface area contributed by atoms with Crippen molar-refractivity contribution in [3.05, 3.63) is 64.7 Å². The maximum atomic E-state index is 13.3. The van der Waals surface area contributed by atoms with Gasteiger partial charge in [-0.1, -0.05) is 6.07 Å². The Labute approximate surface area is 132 Å². The van der Waals surface area contributed by atoms with E-state index in [2.05, 4.69) is 5.32 Å². The Bertz CT molecular complexity index is 785. The lowest BCUT2D eigenvalue weighted by Gasteiger charge is -2.10. The van der Waals surface area contributed by atoms with Crippen LogP contribution in [0.15, 0.2) is 36.4 Å². The zero-order chi connectivity index (χ0) is 16.1. The number of fused-ring (bicyclic) bond motifs is 3. The van der Waals surface area contributed by atoms with Crippen molar-refractivity contribution < 1.29 is 18.3 Å². The Morgan fingerprint density at radius 3 is 2.78 bits per heavy atom. The van der Waals surface area contributed by atoms with Crippen molar-refractivity contribution in [1.82, 2.24) is 5.32 Å². The Morgan fingerprint density at radius 2 is 2.00 bits per heavy atom. The van der Waals surface area contributed by atoms with Crippen molar-refractivity contribution in [2.45, 2.75) is 25.5 Å². The van der Waals surface area contributed by atoms with E-state index in [9.17, 15) is 13.6 Å². The molecular weight excluding hydrogens is 300 g/mol. The maximum Gasteiger partial charge on any atom is 0.227 e. The van der Waals surface area contributed by atoms with E-state index in [-0.39, 0.29) is 42.0 Å². The summed E-state index contributed by atoms with van der Waals surface area (Å²) in [4.78, 5) is 12.3. The summed E-state index contributed by atoms with van der Waals surface area (Å²) in [7, 11) is 0. The summed E-state index contributed by atoms with van der Waals surface area (Å²) in [5.41, 5.74) is 2.29. The monoisotopic (exact) mass is 315 g/mol. The zero-order valence-electron chi connectivity index (χ0n) is 12.5. The molecule has 23 heavy (non-hydrogen) atoms. The van der Waals surface area contributed by atoms with Gasteiger partial charge in [-0.15, -0.1) is 0 Å². The van der Waals surface area contributed by atoms with E-state index in [4.69, 9.17) is 4.74 Å². The molecule has 1 N–H and O–H groups in total. The number of halogens is 2. The van der Waals surface area contributed by atoms with Crippen LogP contribution in [0.3, 0.4) is 0 Å². The van der Waals surface area contributed by atoms with E-state index in [0.29, 0.717) is 11.3 Å². The van der Waals surface area contributed by atoms with E-state index in [1.165, 1.54) is 24.3 Å². The van der Waals surface area contributed by atoms with Gasteiger partial charge in [0, 0.05) is 18.0 Å². The third kappa shape index (κ3) is 2.46. The van der Waals surface area contributed by atoms with Gasteiger partial charge in [-0.05, 0) is 48.4 Å². The van der Waals surface area contributed by atoms with Gasteiger partial charge < -0.3 is 10.1 Å². The fourth-order valence-corrected chi connectivity index (χ4v) is 3.37. The molecule has 2 aromatic carbocycles. The number of ether oxygens (including phenoxy) is 1. The van der Waals surface area contributed by atoms with Crippen molar-refractivity contribution in [2.75, 3.05) is 0 Å². The summed E-state index contributed by atoms with van der Waals surface area (Å²) >= 11 is 0. The molecule has 0 spiro atoms. The molecule has 0 bridgehead atoms. The molecule has 0 saturated heterocycles. The SMILES string of the molecule is Cc1cc(F)cc(CNC(=O)C2C3Oc4ccc(F)cc4C32)c1. The van der Waals surface area contributed by atoms with Crippen molar-refractivity contribution in [2.24, 2.45) is 5.92 Å². The second kappa shape index (κ2) is 5.05. The fourth-order valence-electron chi connectivity index (χ4n) is 3.37. The third-order valence-corrected chi connectivity index (χ3v) is 4.42. The normalized spacial score (nSPS) is 23.7. The minimum absolute atomic E-state index is 0.0741. The summed E-state index contributed by atoms with van der Waals surface area (Å²) in [6.07, 6.45) is -0.207. The Morgan fingerprint density at radius 1 is 1.17 bits per heavy atom. The number of nitrogens with one attached hydrogen (secondary N) is 1. The van der Waals surface area contributed by atoms with Gasteiger partial charge in [-0.25, -0.2) is 8.78 Å². The highest BCUT2D eigenvalue weighted by molar-refractivity contribution is 5.85. The summed E-state index contributed by atoms with van der Waals surface area (Å²) in [5.74, 6) is -0.489. The molecule has 1 saturated carbocycles. The Hall–Kier alpha value is -2.43. The van der Waals surface area contributed by atoms with Gasteiger partial charge >= 0.3 is 0 Å². The van der Waals surface area contributed by atoms with Crippen molar-refractivity contribution >= 4 is 5.91 Å². The maximum absolute atomic E-state index is 13.3. The van der Waals surface area contributed by atoms with E-state index in [1.54, 1.807) is 13.0 Å². The third-order valence-electron chi connectivity index (χ3n) is 4.42. The molecule has 1 fully saturated rings. The van der Waals surface area contributed by atoms with Crippen LogP contribution in [0, 0.1) is 24.5 Å². The van der Waals surface area contributed by atoms with E-state index in [1.807, 2.05) is 6.07 Å². The van der Waals surface area contributed by atoms with Gasteiger partial charge in [-0.2, -0.15) is 0 Å². The minimum atomic E-state index is -0.325. The van der Waals surface area contributed by atoms with Crippen LogP contribution in [0.2, 0.25) is 0 Å². The minimum Gasteiger partial charge on any atom is -0.489 e. The average Bonchev–Trinajstić information content (AvgIpc) is 3.08. The average molecular weight is 315 g/mol. The van der Waals surface area contributed by atoms with Crippen molar-refractivity contribution in [3.8, 4) is 5.75 Å². The molecular formula is C18H15F2NO2. The zero-order valence-corrected chi connectivity index (χ0v) is 12.5. The predicted molar refractivity (Wildman–Crippen MR) is 80.0 cm³/mol. The second-order valence-corrected chi connectivity index (χ2v) is 6.17. The quantitative estimate of drug-likeness (QED) is 0.945. The van der Waals surface area contributed by atoms with Crippen LogP contribution < -0.4 is 10.1 Å². The van der Waals surface area contributed by atoms with E-state index < -0.39 is 0 Å². The fraction of sp³-hybridized carbons (Fsp3) is 0.278. The molecule has 1 heterocycles. The first-order chi connectivity index (χ1) is 11.0. The molecule has 1 aliphatic carbocycles. The van der Waals surface area contributed by atoms with Crippen LogP contribution in [0.25, 0.3) is 0 Å². The molecule has 2 aromatic rings. The molecule has 2 aliphatic rings. The molecule has 1 aliphatic heterocycles. The number of rotatable bonds is 3. The lowest BCUT2D eigenvalue weighted by molar-refractivity contribution is -0.123. The smallest absolute Gasteiger partial charge is 0.227 e. The second-order valence-electron chi connectivity index (χ2n) is 6.17. The number of carbonyl (C=O) groups is 1. The van der Waals surface area contributed by atoms with Crippen molar-refractivity contribution in [1.29, 1.82) is 0 Å². The van der Waals surface area contributed by atoms with Crippen LogP contribution in [-0.2, 0) is 11.3 Å². The lowest BCUT2D eigenvalue weighted by Crippen LogP contribution is -2.27. The molecule has 3 nitrogen and oxygen atoms in total. The molecule has 5 heteroatoms. The number of aryl methyl sites for hydroxylation is 1. The molecule has 118 valence electrons. The predicted octanol–water partition coefficient (Wildman–Crippen LogP) is 3.06. The highest BCUT2D eigenvalue weighted by Crippen LogP contribution is 2.58. The first-order valence-electron chi connectivity index (χ1n) is 7.53. The number of benzene rings is 2. The number of hydrogen-bond acceptors (Lipinski definition) is 2. The van der Waals surface area contributed by atoms with E-state index >= 15 is 0 Å². The molecule has 3 atom stereocenters. The van der Waals surface area contributed by atoms with E-state index in [0.717, 1.165) is 11.1 Å². The van der Waals surface area contributed by atoms with Gasteiger partial charge in [0.2, 0.25) is 5.91 Å². The van der Waals surface area contributed by atoms with Crippen LogP contribution in [-0.4, -0.2) is 12.0 Å². The van der Waals surface area contributed by atoms with Crippen LogP contribution in [0.4, 0.5) is 8.78 Å². The Balaban J connectivity index is 1.42. The first-order valence-corrected chi connectivity index (χ1v) is 7.53. The molecule has 1 amide bonds. The molecule has 4 rings (SSSR count). The molecule has 0 aromatic heterocycles. The van der Waals surface area contributed by atoms with Gasteiger partial charge in [-0.3, -0.25) is 4.79 Å². The highest BCUT2D eigenvalue weighted by atomic mass is 19.1. The summed E-state index contributed by atoms with van der Waals surface area (Å²) < 4.78 is 32.4. The van der Waals surface area contributed by atoms with Crippen LogP contribution in [0.1, 0.15) is 22.6 Å². The Kier molecular flexibility index (Phi) is 3.11. The van der Waals surface area contributed by atoms with Crippen LogP contribution >= 0.6 is 0 Å². The standard InChI is InChI=1S/C18H15F2NO2/c1-9-4-10(6-12(20)5-9)8-21-18(22)16-15-13-7-11(19)2-3-14(13)23-17(15)16/h2-7,15-17H,8H2,1H3,(H,21,22). The number of hydrogen-bond donors (Lipinski definition) is 1. The number of amides is 1. The highest BCUT2D eigenvalue weighted by Gasteiger charge is 2.62. The summed E-state index contributed by atoms with van der Waals surface area (Å²) in [6.45, 7) is 2.07. The number of carbonyl (C=O) groups excluding carboxylic acids is 1. The lowest BCUT2D eigenvalue weighted by atomic mass is 10.1. The molecule has 3 unspecified atom stereocenters. The van der Waals surface area contributed by atoms with Crippen LogP contribution in [0.5, 0.6) is 5.75 Å². The molecule has 0 radical (unpaired) electrons. The first kappa shape index (κ1) is 14.2. The van der Waals surface area contributed by atoms with Gasteiger partial charge in [0.1, 0.15) is 23.5 Å². The summed E-state index contributed by atoms with van der Waals surface area (Å²) in [5, 5.41) is 2.81.